The summed E-state index contributed by atoms with van der Waals surface area (Å²) in [5.41, 5.74) is 2.16. The largest absolute Gasteiger partial charge is 0.377 e. The van der Waals surface area contributed by atoms with Crippen LogP contribution in [-0.2, 0) is 0 Å². The molecule has 0 aliphatic carbocycles. The minimum Gasteiger partial charge on any atom is -0.377 e. The molecule has 3 aromatic heterocycles. The number of hydrogen-bond donors (Lipinski definition) is 1. The molecule has 0 amide bonds. The van der Waals surface area contributed by atoms with Crippen LogP contribution in [0.3, 0.4) is 0 Å². The number of imidazole rings is 1. The maximum Gasteiger partial charge on any atom is 0.138 e. The Morgan fingerprint density at radius 3 is 2.76 bits per heavy atom. The first-order valence-electron chi connectivity index (χ1n) is 6.60. The molecule has 0 saturated heterocycles. The molecule has 4 nitrogen and oxygen atoms in total. The molecule has 3 aromatic rings. The molecule has 21 heavy (non-hydrogen) atoms. The van der Waals surface area contributed by atoms with Gasteiger partial charge < -0.3 is 5.32 Å². The van der Waals surface area contributed by atoms with Gasteiger partial charge in [-0.05, 0) is 43.0 Å². The van der Waals surface area contributed by atoms with E-state index >= 15 is 0 Å². The van der Waals surface area contributed by atoms with Gasteiger partial charge in [0.2, 0.25) is 0 Å². The van der Waals surface area contributed by atoms with E-state index in [9.17, 15) is 0 Å². The van der Waals surface area contributed by atoms with Crippen molar-refractivity contribution in [1.29, 1.82) is 0 Å². The molecule has 1 atom stereocenters. The summed E-state index contributed by atoms with van der Waals surface area (Å²) in [6, 6.07) is 6.17. The van der Waals surface area contributed by atoms with Gasteiger partial charge in [-0.2, -0.15) is 0 Å². The fraction of sp³-hybridized carbons (Fsp3) is 0.200. The molecule has 3 rings (SSSR count). The summed E-state index contributed by atoms with van der Waals surface area (Å²) in [4.78, 5) is 8.67. The Morgan fingerprint density at radius 2 is 2.19 bits per heavy atom. The van der Waals surface area contributed by atoms with Gasteiger partial charge in [-0.25, -0.2) is 9.97 Å². The molecule has 6 heteroatoms. The number of aryl methyl sites for hydroxylation is 1. The number of halogens is 1. The fourth-order valence-corrected chi connectivity index (χ4v) is 3.10. The van der Waals surface area contributed by atoms with E-state index in [2.05, 4.69) is 27.6 Å². The quantitative estimate of drug-likeness (QED) is 0.772. The number of hydrogen-bond acceptors (Lipinski definition) is 4. The number of nitrogens with one attached hydrogen (secondary N) is 1. The normalized spacial score (nSPS) is 12.3. The van der Waals surface area contributed by atoms with E-state index < -0.39 is 0 Å². The van der Waals surface area contributed by atoms with E-state index in [4.69, 9.17) is 11.6 Å². The lowest BCUT2D eigenvalue weighted by molar-refractivity contribution is 0.884. The molecule has 1 N–H and O–H groups in total. The van der Waals surface area contributed by atoms with Crippen LogP contribution in [-0.4, -0.2) is 14.5 Å². The Morgan fingerprint density at radius 1 is 1.33 bits per heavy atom. The van der Waals surface area contributed by atoms with E-state index in [1.807, 2.05) is 42.1 Å². The van der Waals surface area contributed by atoms with Crippen molar-refractivity contribution in [2.24, 2.45) is 0 Å². The number of anilines is 1. The molecule has 108 valence electrons. The molecular formula is C15H15ClN4S. The van der Waals surface area contributed by atoms with Gasteiger partial charge in [0.05, 0.1) is 16.2 Å². The Balaban J connectivity index is 1.74. The van der Waals surface area contributed by atoms with Crippen molar-refractivity contribution in [3.05, 3.63) is 57.9 Å². The molecule has 0 aliphatic heterocycles. The van der Waals surface area contributed by atoms with Crippen LogP contribution in [0.2, 0.25) is 4.34 Å². The predicted octanol–water partition coefficient (Wildman–Crippen LogP) is 4.46. The molecule has 0 aromatic carbocycles. The summed E-state index contributed by atoms with van der Waals surface area (Å²) < 4.78 is 2.76. The molecule has 0 aliphatic rings. The van der Waals surface area contributed by atoms with Crippen LogP contribution in [0.4, 0.5) is 5.69 Å². The lowest BCUT2D eigenvalue weighted by atomic mass is 10.2. The molecule has 1 unspecified atom stereocenters. The van der Waals surface area contributed by atoms with Crippen molar-refractivity contribution >= 4 is 28.6 Å². The van der Waals surface area contributed by atoms with Crippen LogP contribution in [0.25, 0.3) is 5.82 Å². The number of thiophene rings is 1. The summed E-state index contributed by atoms with van der Waals surface area (Å²) in [6.45, 7) is 4.06. The Hall–Kier alpha value is -1.85. The van der Waals surface area contributed by atoms with Gasteiger partial charge in [0.15, 0.2) is 0 Å². The zero-order chi connectivity index (χ0) is 14.8. The van der Waals surface area contributed by atoms with Crippen LogP contribution in [0, 0.1) is 6.92 Å². The van der Waals surface area contributed by atoms with Gasteiger partial charge in [0.1, 0.15) is 11.6 Å². The first-order valence-corrected chi connectivity index (χ1v) is 7.86. The number of pyridine rings is 1. The fourth-order valence-electron chi connectivity index (χ4n) is 2.12. The number of nitrogens with zero attached hydrogens (tertiary/aromatic N) is 3. The standard InChI is InChI=1S/C15H15ClN4S/c1-10(12-7-14(16)21-9-12)19-13-3-4-15(18-8-13)20-6-5-17-11(20)2/h3-10,19H,1-2H3. The van der Waals surface area contributed by atoms with Gasteiger partial charge in [-0.3, -0.25) is 4.57 Å². The summed E-state index contributed by atoms with van der Waals surface area (Å²) in [5, 5.41) is 5.49. The zero-order valence-corrected chi connectivity index (χ0v) is 13.3. The van der Waals surface area contributed by atoms with Crippen molar-refractivity contribution in [2.45, 2.75) is 19.9 Å². The molecule has 0 fully saturated rings. The smallest absolute Gasteiger partial charge is 0.138 e. The van der Waals surface area contributed by atoms with E-state index in [0.29, 0.717) is 0 Å². The molecule has 0 bridgehead atoms. The van der Waals surface area contributed by atoms with Crippen LogP contribution < -0.4 is 5.32 Å². The average molecular weight is 319 g/mol. The minimum atomic E-state index is 0.191. The maximum absolute atomic E-state index is 5.97. The third-order valence-corrected chi connectivity index (χ3v) is 4.40. The summed E-state index contributed by atoms with van der Waals surface area (Å²) >= 11 is 7.51. The number of aromatic nitrogens is 3. The average Bonchev–Trinajstić information content (AvgIpc) is 3.08. The van der Waals surface area contributed by atoms with Crippen LogP contribution in [0.15, 0.2) is 42.2 Å². The van der Waals surface area contributed by atoms with Crippen molar-refractivity contribution in [1.82, 2.24) is 14.5 Å². The highest BCUT2D eigenvalue weighted by molar-refractivity contribution is 7.14. The zero-order valence-electron chi connectivity index (χ0n) is 11.7. The second kappa shape index (κ2) is 5.87. The van der Waals surface area contributed by atoms with Crippen molar-refractivity contribution in [3.63, 3.8) is 0 Å². The highest BCUT2D eigenvalue weighted by Crippen LogP contribution is 2.27. The molecule has 0 spiro atoms. The van der Waals surface area contributed by atoms with Crippen LogP contribution >= 0.6 is 22.9 Å². The summed E-state index contributed by atoms with van der Waals surface area (Å²) in [7, 11) is 0. The van der Waals surface area contributed by atoms with Crippen LogP contribution in [0.1, 0.15) is 24.4 Å². The molecule has 3 heterocycles. The lowest BCUT2D eigenvalue weighted by Gasteiger charge is -2.14. The van der Waals surface area contributed by atoms with Crippen molar-refractivity contribution < 1.29 is 0 Å². The predicted molar refractivity (Wildman–Crippen MR) is 87.5 cm³/mol. The highest BCUT2D eigenvalue weighted by Gasteiger charge is 2.08. The van der Waals surface area contributed by atoms with E-state index in [1.54, 1.807) is 17.5 Å². The third-order valence-electron chi connectivity index (χ3n) is 3.29. The Labute approximate surface area is 132 Å². The first-order chi connectivity index (χ1) is 10.1. The van der Waals surface area contributed by atoms with Crippen LogP contribution in [0.5, 0.6) is 0 Å². The lowest BCUT2D eigenvalue weighted by Crippen LogP contribution is -2.06. The molecule has 0 radical (unpaired) electrons. The highest BCUT2D eigenvalue weighted by atomic mass is 35.5. The summed E-state index contributed by atoms with van der Waals surface area (Å²) in [5.74, 6) is 1.78. The van der Waals surface area contributed by atoms with Crippen molar-refractivity contribution in [2.75, 3.05) is 5.32 Å². The molecule has 0 saturated carbocycles. The topological polar surface area (TPSA) is 42.7 Å². The third kappa shape index (κ3) is 3.09. The summed E-state index contributed by atoms with van der Waals surface area (Å²) in [6.07, 6.45) is 5.51. The van der Waals surface area contributed by atoms with Gasteiger partial charge in [-0.15, -0.1) is 11.3 Å². The Kier molecular flexibility index (Phi) is 3.94. The molecular weight excluding hydrogens is 304 g/mol. The van der Waals surface area contributed by atoms with E-state index in [0.717, 1.165) is 21.7 Å². The van der Waals surface area contributed by atoms with E-state index in [1.165, 1.54) is 5.56 Å². The Bertz CT molecular complexity index is 732. The SMILES string of the molecule is Cc1nccn1-c1ccc(NC(C)c2csc(Cl)c2)cn1. The second-order valence-corrected chi connectivity index (χ2v) is 6.34. The van der Waals surface area contributed by atoms with Gasteiger partial charge in [0, 0.05) is 18.4 Å². The van der Waals surface area contributed by atoms with E-state index in [-0.39, 0.29) is 6.04 Å². The van der Waals surface area contributed by atoms with Crippen molar-refractivity contribution in [3.8, 4) is 5.82 Å². The van der Waals surface area contributed by atoms with Gasteiger partial charge in [0.25, 0.3) is 0 Å². The minimum absolute atomic E-state index is 0.191. The van der Waals surface area contributed by atoms with Gasteiger partial charge in [-0.1, -0.05) is 11.6 Å². The van der Waals surface area contributed by atoms with Gasteiger partial charge >= 0.3 is 0 Å². The first kappa shape index (κ1) is 14.1. The second-order valence-electron chi connectivity index (χ2n) is 4.80. The maximum atomic E-state index is 5.97. The number of rotatable bonds is 4. The monoisotopic (exact) mass is 318 g/mol.